The highest BCUT2D eigenvalue weighted by Gasteiger charge is 2.66. The molecule has 1 aliphatic carbocycles. The zero-order chi connectivity index (χ0) is 31.6. The number of piperazine rings is 1. The SMILES string of the molecule is CCCCC12CC(F)=C=[N+]=C(C(C(=O)NC3CNCC(F)C3N3CCC(C(=O)N4CCN(C)CC4)CC3)C(N)N)CC1(C)C2. The van der Waals surface area contributed by atoms with E-state index in [0.717, 1.165) is 51.9 Å². The maximum Gasteiger partial charge on any atom is 0.346 e. The van der Waals surface area contributed by atoms with E-state index in [9.17, 15) is 14.0 Å². The molecule has 6 N–H and O–H groups in total. The fraction of sp³-hybridized carbons (Fsp3) is 0.844. The number of fused-ring (bicyclic) bond motifs is 1. The molecule has 1 saturated carbocycles. The van der Waals surface area contributed by atoms with Crippen molar-refractivity contribution in [2.75, 3.05) is 59.4 Å². The Morgan fingerprint density at radius 2 is 1.84 bits per heavy atom. The number of carbonyl (C=O) groups excluding carboxylic acids is 2. The number of carbonyl (C=O) groups is 2. The fourth-order valence-electron chi connectivity index (χ4n) is 8.35. The lowest BCUT2D eigenvalue weighted by Gasteiger charge is -2.45. The molecule has 0 aromatic rings. The third-order valence-electron chi connectivity index (χ3n) is 11.2. The van der Waals surface area contributed by atoms with Crippen LogP contribution in [0.5, 0.6) is 0 Å². The molecule has 44 heavy (non-hydrogen) atoms. The maximum absolute atomic E-state index is 15.6. The van der Waals surface area contributed by atoms with Gasteiger partial charge in [0.05, 0.1) is 24.7 Å². The van der Waals surface area contributed by atoms with Gasteiger partial charge in [-0.05, 0) is 61.3 Å². The summed E-state index contributed by atoms with van der Waals surface area (Å²) in [4.78, 5) is 33.3. The third kappa shape index (κ3) is 6.97. The summed E-state index contributed by atoms with van der Waals surface area (Å²) in [6.07, 6.45) is 3.70. The van der Waals surface area contributed by atoms with Crippen molar-refractivity contribution < 1.29 is 18.4 Å². The number of hydrogen-bond acceptors (Lipinski definition) is 7. The maximum atomic E-state index is 15.6. The third-order valence-corrected chi connectivity index (χ3v) is 11.2. The van der Waals surface area contributed by atoms with Crippen molar-refractivity contribution in [2.45, 2.75) is 89.6 Å². The first-order chi connectivity index (χ1) is 21.0. The molecule has 0 aromatic carbocycles. The number of likely N-dealkylation sites (N-methyl/N-ethyl adjacent to an activating group) is 1. The van der Waals surface area contributed by atoms with E-state index in [1.807, 2.05) is 4.90 Å². The average molecular weight is 620 g/mol. The summed E-state index contributed by atoms with van der Waals surface area (Å²) in [5, 5.41) is 6.17. The summed E-state index contributed by atoms with van der Waals surface area (Å²) in [6, 6.07) is -1.07. The van der Waals surface area contributed by atoms with Crippen molar-refractivity contribution in [3.05, 3.63) is 5.83 Å². The van der Waals surface area contributed by atoms with Crippen molar-refractivity contribution in [3.63, 3.8) is 0 Å². The molecule has 0 bridgehead atoms. The van der Waals surface area contributed by atoms with Crippen LogP contribution >= 0.6 is 0 Å². The lowest BCUT2D eigenvalue weighted by molar-refractivity contribution is -0.139. The number of nitrogens with two attached hydrogens (primary N) is 2. The highest BCUT2D eigenvalue weighted by molar-refractivity contribution is 6.05. The summed E-state index contributed by atoms with van der Waals surface area (Å²) in [6.45, 7) is 9.30. The molecule has 0 aromatic heterocycles. The minimum atomic E-state index is -1.20. The van der Waals surface area contributed by atoms with E-state index in [2.05, 4.69) is 51.9 Å². The molecule has 6 unspecified atom stereocenters. The molecule has 0 radical (unpaired) electrons. The van der Waals surface area contributed by atoms with E-state index < -0.39 is 42.1 Å². The number of nitrogens with one attached hydrogen (secondary N) is 2. The van der Waals surface area contributed by atoms with Gasteiger partial charge in [-0.3, -0.25) is 14.5 Å². The Kier molecular flexibility index (Phi) is 10.3. The monoisotopic (exact) mass is 619 g/mol. The van der Waals surface area contributed by atoms with Gasteiger partial charge >= 0.3 is 11.6 Å². The first kappa shape index (κ1) is 33.2. The number of alkyl halides is 1. The molecule has 4 aliphatic heterocycles. The van der Waals surface area contributed by atoms with E-state index in [-0.39, 0.29) is 29.2 Å². The minimum absolute atomic E-state index is 0.0580. The van der Waals surface area contributed by atoms with E-state index >= 15 is 4.39 Å². The number of rotatable bonds is 9. The van der Waals surface area contributed by atoms with Gasteiger partial charge in [0.25, 0.3) is 0 Å². The summed E-state index contributed by atoms with van der Waals surface area (Å²) in [5.74, 6) is 0.880. The largest absolute Gasteiger partial charge is 0.350 e. The first-order valence-corrected chi connectivity index (χ1v) is 16.7. The predicted molar refractivity (Wildman–Crippen MR) is 168 cm³/mol. The normalized spacial score (nSPS) is 34.5. The van der Waals surface area contributed by atoms with E-state index in [4.69, 9.17) is 11.5 Å². The Morgan fingerprint density at radius 3 is 2.50 bits per heavy atom. The number of hydrogen-bond donors (Lipinski definition) is 4. The number of unbranched alkanes of at least 4 members (excludes halogenated alkanes) is 1. The molecule has 12 heteroatoms. The number of piperidine rings is 2. The van der Waals surface area contributed by atoms with Gasteiger partial charge in [0.1, 0.15) is 6.17 Å². The lowest BCUT2D eigenvalue weighted by Crippen LogP contribution is -2.67. The highest BCUT2D eigenvalue weighted by Crippen LogP contribution is 2.71. The Balaban J connectivity index is 1.26. The molecule has 3 saturated heterocycles. The first-order valence-electron chi connectivity index (χ1n) is 16.7. The summed E-state index contributed by atoms with van der Waals surface area (Å²) >= 11 is 0. The number of likely N-dealkylation sites (tertiary alicyclic amines) is 1. The molecule has 246 valence electrons. The van der Waals surface area contributed by atoms with Crippen LogP contribution in [0.15, 0.2) is 5.83 Å². The van der Waals surface area contributed by atoms with Crippen molar-refractivity contribution >= 4 is 23.4 Å². The molecular weight excluding hydrogens is 566 g/mol. The Labute approximate surface area is 260 Å². The van der Waals surface area contributed by atoms with Crippen molar-refractivity contribution in [2.24, 2.45) is 34.1 Å². The van der Waals surface area contributed by atoms with Crippen LogP contribution < -0.4 is 26.8 Å². The zero-order valence-corrected chi connectivity index (χ0v) is 26.8. The van der Waals surface area contributed by atoms with E-state index in [1.54, 1.807) is 0 Å². The van der Waals surface area contributed by atoms with Crippen LogP contribution in [0.25, 0.3) is 0 Å². The second-order valence-electron chi connectivity index (χ2n) is 14.4. The highest BCUT2D eigenvalue weighted by atomic mass is 19.1. The Hall–Kier alpha value is -2.17. The fourth-order valence-corrected chi connectivity index (χ4v) is 8.35. The second-order valence-corrected chi connectivity index (χ2v) is 14.4. The van der Waals surface area contributed by atoms with Crippen LogP contribution in [0.1, 0.15) is 65.2 Å². The Bertz CT molecular complexity index is 1170. The van der Waals surface area contributed by atoms with Gasteiger partial charge in [-0.1, -0.05) is 26.7 Å². The molecule has 0 spiro atoms. The lowest BCUT2D eigenvalue weighted by atomic mass is 9.80. The van der Waals surface area contributed by atoms with Crippen LogP contribution in [0.4, 0.5) is 8.78 Å². The van der Waals surface area contributed by atoms with Gasteiger partial charge in [-0.25, -0.2) is 4.39 Å². The molecule has 2 amide bonds. The molecule has 5 aliphatic rings. The molecule has 5 rings (SSSR count). The van der Waals surface area contributed by atoms with Crippen LogP contribution in [-0.2, 0) is 9.59 Å². The Morgan fingerprint density at radius 1 is 1.14 bits per heavy atom. The van der Waals surface area contributed by atoms with Crippen molar-refractivity contribution in [1.82, 2.24) is 30.0 Å². The van der Waals surface area contributed by atoms with E-state index in [0.29, 0.717) is 51.0 Å². The van der Waals surface area contributed by atoms with Gasteiger partial charge in [0.15, 0.2) is 5.92 Å². The summed E-state index contributed by atoms with van der Waals surface area (Å²) in [5.41, 5.74) is 12.5. The number of allylic oxidation sites excluding steroid dienone is 1. The van der Waals surface area contributed by atoms with Gasteiger partial charge in [0, 0.05) is 51.6 Å². The van der Waals surface area contributed by atoms with Crippen molar-refractivity contribution in [1.29, 1.82) is 0 Å². The second kappa shape index (κ2) is 13.7. The molecular formula is C32H53F2N8O2+. The molecule has 4 fully saturated rings. The smallest absolute Gasteiger partial charge is 0.346 e. The molecule has 6 atom stereocenters. The van der Waals surface area contributed by atoms with Gasteiger partial charge in [-0.2, -0.15) is 4.39 Å². The minimum Gasteiger partial charge on any atom is -0.350 e. The topological polar surface area (TPSA) is 134 Å². The predicted octanol–water partition coefficient (Wildman–Crippen LogP) is 0.539. The van der Waals surface area contributed by atoms with Crippen molar-refractivity contribution in [3.8, 4) is 0 Å². The number of amides is 2. The summed E-state index contributed by atoms with van der Waals surface area (Å²) in [7, 11) is 2.07. The average Bonchev–Trinajstić information content (AvgIpc) is 3.54. The standard InChI is InChI=1S/C32H52F2N8O2/c1-4-5-8-32-15-22(33)17-38-24(16-31(32,2)20-32)26(28(35)36)29(43)39-25-19-37-18-23(34)27(25)41-9-6-21(7-10-41)30(44)42-13-11-40(3)12-14-42/h21,23,25-28,37H,4-16,18-20,35-36H2,1-3H3/p+1. The van der Waals surface area contributed by atoms with Crippen LogP contribution in [0, 0.1) is 22.7 Å². The van der Waals surface area contributed by atoms with Crippen LogP contribution in [0.2, 0.25) is 0 Å². The number of halogens is 2. The summed E-state index contributed by atoms with van der Waals surface area (Å²) < 4.78 is 34.8. The van der Waals surface area contributed by atoms with Gasteiger partial charge in [0.2, 0.25) is 17.6 Å². The molecule has 4 heterocycles. The van der Waals surface area contributed by atoms with Gasteiger partial charge < -0.3 is 31.9 Å². The van der Waals surface area contributed by atoms with Crippen LogP contribution in [-0.4, -0.2) is 122 Å². The van der Waals surface area contributed by atoms with Gasteiger partial charge in [-0.15, -0.1) is 0 Å². The van der Waals surface area contributed by atoms with E-state index in [1.165, 1.54) is 0 Å². The van der Waals surface area contributed by atoms with Crippen LogP contribution in [0.3, 0.4) is 0 Å². The zero-order valence-electron chi connectivity index (χ0n) is 26.8. The number of nitrogens with zero attached hydrogens (tertiary/aromatic N) is 4. The molecule has 10 nitrogen and oxygen atoms in total. The quantitative estimate of drug-likeness (QED) is 0.219.